The van der Waals surface area contributed by atoms with Crippen molar-refractivity contribution in [1.82, 2.24) is 9.47 Å². The fourth-order valence-corrected chi connectivity index (χ4v) is 5.15. The normalized spacial score (nSPS) is 15.1. The first-order valence-electron chi connectivity index (χ1n) is 10.4. The number of imide groups is 1. The van der Waals surface area contributed by atoms with Crippen LogP contribution >= 0.6 is 35.0 Å². The number of thioether (sulfide) groups is 1. The Morgan fingerprint density at radius 2 is 1.70 bits per heavy atom. The number of benzene rings is 2. The summed E-state index contributed by atoms with van der Waals surface area (Å²) in [6.07, 6.45) is 1.77. The quantitative estimate of drug-likeness (QED) is 0.340. The molecule has 8 heteroatoms. The minimum Gasteiger partial charge on any atom is -0.494 e. The molecule has 2 heterocycles. The molecule has 0 saturated carbocycles. The average Bonchev–Trinajstić information content (AvgIpc) is 3.20. The van der Waals surface area contributed by atoms with E-state index < -0.39 is 0 Å². The highest BCUT2D eigenvalue weighted by Gasteiger charge is 2.36. The summed E-state index contributed by atoms with van der Waals surface area (Å²) in [5.41, 5.74) is 4.41. The van der Waals surface area contributed by atoms with Gasteiger partial charge in [-0.3, -0.25) is 14.5 Å². The average molecular weight is 501 g/mol. The maximum Gasteiger partial charge on any atom is 0.293 e. The van der Waals surface area contributed by atoms with E-state index in [9.17, 15) is 9.59 Å². The van der Waals surface area contributed by atoms with Gasteiger partial charge < -0.3 is 9.30 Å². The molecule has 2 amide bonds. The Balaban J connectivity index is 1.61. The summed E-state index contributed by atoms with van der Waals surface area (Å²) in [7, 11) is 0. The molecule has 0 bridgehead atoms. The zero-order valence-corrected chi connectivity index (χ0v) is 20.7. The minimum absolute atomic E-state index is 0.0334. The molecule has 0 spiro atoms. The fourth-order valence-electron chi connectivity index (χ4n) is 3.81. The Morgan fingerprint density at radius 1 is 1.03 bits per heavy atom. The zero-order valence-electron chi connectivity index (χ0n) is 18.4. The molecule has 0 unspecified atom stereocenters. The molecule has 3 aromatic rings. The summed E-state index contributed by atoms with van der Waals surface area (Å²) in [5.74, 6) is 0.461. The monoisotopic (exact) mass is 500 g/mol. The number of carbonyl (C=O) groups excluding carboxylic acids is 2. The van der Waals surface area contributed by atoms with Crippen molar-refractivity contribution in [2.24, 2.45) is 0 Å². The fraction of sp³-hybridized carbons (Fsp3) is 0.200. The molecule has 0 radical (unpaired) electrons. The van der Waals surface area contributed by atoms with E-state index >= 15 is 0 Å². The number of amides is 2. The predicted octanol–water partition coefficient (Wildman–Crippen LogP) is 7.04. The van der Waals surface area contributed by atoms with Crippen LogP contribution in [-0.4, -0.2) is 27.2 Å². The minimum atomic E-state index is -0.355. The van der Waals surface area contributed by atoms with Crippen LogP contribution in [0.25, 0.3) is 11.8 Å². The highest BCUT2D eigenvalue weighted by atomic mass is 35.5. The molecule has 5 nitrogen and oxygen atoms in total. The van der Waals surface area contributed by atoms with Crippen LogP contribution in [0.5, 0.6) is 5.75 Å². The van der Waals surface area contributed by atoms with Crippen molar-refractivity contribution in [3.63, 3.8) is 0 Å². The molecule has 2 aromatic carbocycles. The summed E-state index contributed by atoms with van der Waals surface area (Å²) >= 11 is 13.4. The van der Waals surface area contributed by atoms with Gasteiger partial charge in [0.15, 0.2) is 0 Å². The van der Waals surface area contributed by atoms with Crippen LogP contribution in [-0.2, 0) is 11.3 Å². The molecule has 1 aromatic heterocycles. The van der Waals surface area contributed by atoms with Gasteiger partial charge in [-0.05, 0) is 86.6 Å². The lowest BCUT2D eigenvalue weighted by Gasteiger charge is -2.14. The Kier molecular flexibility index (Phi) is 6.88. The number of nitrogens with zero attached hydrogens (tertiary/aromatic N) is 2. The van der Waals surface area contributed by atoms with E-state index in [4.69, 9.17) is 27.9 Å². The van der Waals surface area contributed by atoms with Gasteiger partial charge in [0, 0.05) is 32.7 Å². The molecule has 1 fully saturated rings. The number of aromatic nitrogens is 1. The zero-order chi connectivity index (χ0) is 23.7. The Bertz CT molecular complexity index is 1250. The second-order valence-corrected chi connectivity index (χ2v) is 9.36. The molecule has 1 aliphatic rings. The van der Waals surface area contributed by atoms with Crippen molar-refractivity contribution >= 4 is 52.2 Å². The van der Waals surface area contributed by atoms with Crippen molar-refractivity contribution in [2.45, 2.75) is 27.3 Å². The SMILES string of the molecule is CCOc1ccc(-n2c(C)cc(/C=C3\SC(=O)N(Cc4c(Cl)cccc4Cl)C3=O)c2C)cc1. The molecule has 0 atom stereocenters. The number of ether oxygens (including phenoxy) is 1. The van der Waals surface area contributed by atoms with Gasteiger partial charge in [-0.15, -0.1) is 0 Å². The highest BCUT2D eigenvalue weighted by Crippen LogP contribution is 2.36. The molecule has 0 N–H and O–H groups in total. The molecule has 1 aliphatic heterocycles. The second-order valence-electron chi connectivity index (χ2n) is 7.56. The van der Waals surface area contributed by atoms with E-state index in [1.54, 1.807) is 24.3 Å². The van der Waals surface area contributed by atoms with E-state index in [1.807, 2.05) is 51.1 Å². The molecule has 170 valence electrons. The van der Waals surface area contributed by atoms with E-state index in [0.29, 0.717) is 27.1 Å². The van der Waals surface area contributed by atoms with Crippen molar-refractivity contribution in [1.29, 1.82) is 0 Å². The van der Waals surface area contributed by atoms with Gasteiger partial charge in [-0.25, -0.2) is 0 Å². The molecule has 0 aliphatic carbocycles. The third-order valence-corrected chi connectivity index (χ3v) is 7.03. The first-order valence-corrected chi connectivity index (χ1v) is 12.0. The van der Waals surface area contributed by atoms with Crippen molar-refractivity contribution in [3.05, 3.63) is 86.0 Å². The third-order valence-electron chi connectivity index (χ3n) is 5.41. The molecular weight excluding hydrogens is 479 g/mol. The van der Waals surface area contributed by atoms with Crippen molar-refractivity contribution in [2.75, 3.05) is 6.61 Å². The molecule has 33 heavy (non-hydrogen) atoms. The number of rotatable bonds is 6. The van der Waals surface area contributed by atoms with Crippen LogP contribution in [0.1, 0.15) is 29.4 Å². The van der Waals surface area contributed by atoms with Crippen LogP contribution in [0.15, 0.2) is 53.4 Å². The van der Waals surface area contributed by atoms with Gasteiger partial charge in [-0.1, -0.05) is 29.3 Å². The Hall–Kier alpha value is -2.67. The lowest BCUT2D eigenvalue weighted by Crippen LogP contribution is -2.27. The smallest absolute Gasteiger partial charge is 0.293 e. The van der Waals surface area contributed by atoms with Gasteiger partial charge in [0.25, 0.3) is 11.1 Å². The maximum atomic E-state index is 13.0. The third kappa shape index (κ3) is 4.69. The first kappa shape index (κ1) is 23.5. The largest absolute Gasteiger partial charge is 0.494 e. The first-order chi connectivity index (χ1) is 15.8. The summed E-state index contributed by atoms with van der Waals surface area (Å²) in [4.78, 5) is 27.2. The van der Waals surface area contributed by atoms with Gasteiger partial charge in [0.1, 0.15) is 5.75 Å². The number of aryl methyl sites for hydroxylation is 1. The van der Waals surface area contributed by atoms with E-state index in [0.717, 1.165) is 40.2 Å². The lowest BCUT2D eigenvalue weighted by molar-refractivity contribution is -0.123. The lowest BCUT2D eigenvalue weighted by atomic mass is 10.2. The van der Waals surface area contributed by atoms with Gasteiger partial charge in [0.2, 0.25) is 0 Å². The van der Waals surface area contributed by atoms with Crippen LogP contribution in [0.4, 0.5) is 4.79 Å². The number of hydrogen-bond donors (Lipinski definition) is 0. The second kappa shape index (κ2) is 9.67. The number of halogens is 2. The van der Waals surface area contributed by atoms with Gasteiger partial charge in [-0.2, -0.15) is 0 Å². The Morgan fingerprint density at radius 3 is 2.33 bits per heavy atom. The van der Waals surface area contributed by atoms with Gasteiger partial charge >= 0.3 is 0 Å². The van der Waals surface area contributed by atoms with Crippen LogP contribution < -0.4 is 4.74 Å². The predicted molar refractivity (Wildman–Crippen MR) is 134 cm³/mol. The number of carbonyl (C=O) groups is 2. The van der Waals surface area contributed by atoms with Crippen LogP contribution in [0, 0.1) is 13.8 Å². The number of hydrogen-bond acceptors (Lipinski definition) is 4. The van der Waals surface area contributed by atoms with Crippen molar-refractivity contribution < 1.29 is 14.3 Å². The van der Waals surface area contributed by atoms with Crippen LogP contribution in [0.3, 0.4) is 0 Å². The summed E-state index contributed by atoms with van der Waals surface area (Å²) in [6.45, 7) is 6.59. The molecular formula is C25H22Cl2N2O3S. The Labute approximate surface area is 206 Å². The van der Waals surface area contributed by atoms with E-state index in [1.165, 1.54) is 4.90 Å². The highest BCUT2D eigenvalue weighted by molar-refractivity contribution is 8.18. The summed E-state index contributed by atoms with van der Waals surface area (Å²) < 4.78 is 7.63. The van der Waals surface area contributed by atoms with Crippen LogP contribution in [0.2, 0.25) is 10.0 Å². The van der Waals surface area contributed by atoms with E-state index in [-0.39, 0.29) is 17.7 Å². The summed E-state index contributed by atoms with van der Waals surface area (Å²) in [6, 6.07) is 15.0. The molecule has 1 saturated heterocycles. The van der Waals surface area contributed by atoms with Crippen molar-refractivity contribution in [3.8, 4) is 11.4 Å². The van der Waals surface area contributed by atoms with Gasteiger partial charge in [0.05, 0.1) is 18.1 Å². The maximum absolute atomic E-state index is 13.0. The van der Waals surface area contributed by atoms with E-state index in [2.05, 4.69) is 4.57 Å². The molecule has 4 rings (SSSR count). The standard InChI is InChI=1S/C25H22Cl2N2O3S/c1-4-32-19-10-8-18(9-11-19)29-15(2)12-17(16(29)3)13-23-24(30)28(25(31)33-23)14-20-21(26)6-5-7-22(20)27/h5-13H,4,14H2,1-3H3/b23-13-. The topological polar surface area (TPSA) is 51.5 Å². The summed E-state index contributed by atoms with van der Waals surface area (Å²) in [5, 5.41) is 0.497.